The molecule has 0 aliphatic carbocycles. The van der Waals surface area contributed by atoms with Gasteiger partial charge in [-0.25, -0.2) is 13.8 Å². The number of nitrogens with one attached hydrogen (secondary N) is 1. The fourth-order valence-electron chi connectivity index (χ4n) is 2.97. The molecule has 12 heteroatoms. The zero-order valence-corrected chi connectivity index (χ0v) is 15.1. The van der Waals surface area contributed by atoms with E-state index in [4.69, 9.17) is 18.3 Å². The monoisotopic (exact) mass is 416 g/mol. The van der Waals surface area contributed by atoms with Crippen molar-refractivity contribution in [2.24, 2.45) is 0 Å². The smallest absolute Gasteiger partial charge is 0.349 e. The highest BCUT2D eigenvalue weighted by atomic mass is 31.2. The zero-order valence-electron chi connectivity index (χ0n) is 14.2. The fourth-order valence-corrected chi connectivity index (χ4v) is 4.36. The van der Waals surface area contributed by atoms with Crippen LogP contribution in [0.1, 0.15) is 18.2 Å². The molecule has 0 amide bonds. The summed E-state index contributed by atoms with van der Waals surface area (Å²) < 4.78 is 61.4. The predicted molar refractivity (Wildman–Crippen MR) is 89.4 cm³/mol. The number of aromatic amines is 1. The largest absolute Gasteiger partial charge is 0.475 e. The summed E-state index contributed by atoms with van der Waals surface area (Å²) in [5.41, 5.74) is -1.40. The van der Waals surface area contributed by atoms with Crippen molar-refractivity contribution < 1.29 is 31.7 Å². The molecule has 2 fully saturated rings. The first-order valence-corrected chi connectivity index (χ1v) is 9.77. The van der Waals surface area contributed by atoms with Crippen LogP contribution in [0.5, 0.6) is 0 Å². The summed E-state index contributed by atoms with van der Waals surface area (Å²) in [6.45, 7) is -0.244. The second-order valence-corrected chi connectivity index (χ2v) is 7.92. The van der Waals surface area contributed by atoms with E-state index in [9.17, 15) is 22.9 Å². The van der Waals surface area contributed by atoms with Crippen molar-refractivity contribution in [3.05, 3.63) is 68.5 Å². The topological polar surface area (TPSA) is 109 Å². The van der Waals surface area contributed by atoms with Crippen LogP contribution < -0.4 is 11.2 Å². The zero-order chi connectivity index (χ0) is 19.9. The molecule has 1 aromatic heterocycles. The van der Waals surface area contributed by atoms with E-state index in [-0.39, 0.29) is 19.6 Å². The number of hydrogen-bond acceptors (Lipinski definition) is 7. The Bertz CT molecular complexity index is 1040. The van der Waals surface area contributed by atoms with Crippen molar-refractivity contribution in [3.8, 4) is 0 Å². The van der Waals surface area contributed by atoms with Gasteiger partial charge in [0.05, 0.1) is 19.4 Å². The number of benzene rings is 1. The van der Waals surface area contributed by atoms with Gasteiger partial charge in [0, 0.05) is 6.42 Å². The third kappa shape index (κ3) is 3.85. The molecule has 0 radical (unpaired) electrons. The van der Waals surface area contributed by atoms with E-state index in [1.165, 1.54) is 24.3 Å². The lowest BCUT2D eigenvalue weighted by Crippen LogP contribution is -2.34. The van der Waals surface area contributed by atoms with Gasteiger partial charge in [-0.2, -0.15) is 4.39 Å². The Balaban J connectivity index is 1.43. The van der Waals surface area contributed by atoms with Crippen LogP contribution in [0.4, 0.5) is 8.78 Å². The number of rotatable bonds is 4. The van der Waals surface area contributed by atoms with Crippen LogP contribution in [0.25, 0.3) is 0 Å². The third-order valence-electron chi connectivity index (χ3n) is 4.38. The Hall–Kier alpha value is -2.17. The first-order valence-electron chi connectivity index (χ1n) is 8.31. The van der Waals surface area contributed by atoms with Crippen LogP contribution in [0.15, 0.2) is 40.1 Å². The first kappa shape index (κ1) is 19.2. The number of phosphoric acid groups is 1. The van der Waals surface area contributed by atoms with E-state index in [1.807, 2.05) is 4.98 Å². The van der Waals surface area contributed by atoms with E-state index in [0.717, 1.165) is 10.8 Å². The maximum atomic E-state index is 13.5. The van der Waals surface area contributed by atoms with Gasteiger partial charge in [0.25, 0.3) is 5.56 Å². The van der Waals surface area contributed by atoms with Crippen LogP contribution >= 0.6 is 7.82 Å². The van der Waals surface area contributed by atoms with Crippen LogP contribution in [-0.2, 0) is 29.5 Å². The van der Waals surface area contributed by atoms with Crippen molar-refractivity contribution in [1.82, 2.24) is 9.55 Å². The quantitative estimate of drug-likeness (QED) is 0.758. The molecule has 4 rings (SSSR count). The molecule has 2 aromatic rings. The molecule has 150 valence electrons. The van der Waals surface area contributed by atoms with E-state index in [0.29, 0.717) is 5.56 Å². The summed E-state index contributed by atoms with van der Waals surface area (Å²) in [4.78, 5) is 24.9. The molecule has 1 N–H and O–H groups in total. The van der Waals surface area contributed by atoms with Gasteiger partial charge in [0.2, 0.25) is 5.82 Å². The van der Waals surface area contributed by atoms with Crippen LogP contribution in [0.3, 0.4) is 0 Å². The van der Waals surface area contributed by atoms with E-state index >= 15 is 0 Å². The number of hydrogen-bond donors (Lipinski definition) is 1. The standard InChI is InChI=1S/C16H15F2N2O7P/c17-10-3-1-9(2-4-10)7-24-28(23)25-8-13-12(27-28)5-14(26-13)20-6-11(18)15(21)19-16(20)22/h1-4,6,12-14H,5,7-8H2,(H,19,21,22)/t12-,13+,14+,28?/m0/s1. The summed E-state index contributed by atoms with van der Waals surface area (Å²) in [5, 5.41) is 0. The van der Waals surface area contributed by atoms with Crippen LogP contribution in [0, 0.1) is 11.6 Å². The van der Waals surface area contributed by atoms with Crippen LogP contribution in [-0.4, -0.2) is 28.4 Å². The lowest BCUT2D eigenvalue weighted by atomic mass is 10.2. The van der Waals surface area contributed by atoms with Gasteiger partial charge < -0.3 is 4.74 Å². The average molecular weight is 416 g/mol. The van der Waals surface area contributed by atoms with E-state index in [2.05, 4.69) is 0 Å². The third-order valence-corrected chi connectivity index (χ3v) is 5.82. The van der Waals surface area contributed by atoms with E-state index < -0.39 is 49.1 Å². The Morgan fingerprint density at radius 1 is 1.21 bits per heavy atom. The van der Waals surface area contributed by atoms with Crippen molar-refractivity contribution >= 4 is 7.82 Å². The molecule has 1 unspecified atom stereocenters. The number of ether oxygens (including phenoxy) is 1. The molecule has 28 heavy (non-hydrogen) atoms. The molecule has 4 atom stereocenters. The summed E-state index contributed by atoms with van der Waals surface area (Å²) in [5.74, 6) is -1.55. The lowest BCUT2D eigenvalue weighted by molar-refractivity contribution is -0.0731. The normalized spacial score (nSPS) is 29.6. The van der Waals surface area contributed by atoms with Crippen molar-refractivity contribution in [2.75, 3.05) is 6.61 Å². The highest BCUT2D eigenvalue weighted by Crippen LogP contribution is 2.57. The van der Waals surface area contributed by atoms with Crippen LogP contribution in [0.2, 0.25) is 0 Å². The molecule has 9 nitrogen and oxygen atoms in total. The number of halogens is 2. The number of aromatic nitrogens is 2. The van der Waals surface area contributed by atoms with Gasteiger partial charge in [-0.15, -0.1) is 0 Å². The van der Waals surface area contributed by atoms with Gasteiger partial charge in [0.1, 0.15) is 24.3 Å². The predicted octanol–water partition coefficient (Wildman–Crippen LogP) is 1.84. The number of fused-ring (bicyclic) bond motifs is 1. The molecule has 3 heterocycles. The van der Waals surface area contributed by atoms with Gasteiger partial charge in [0.15, 0.2) is 0 Å². The highest BCUT2D eigenvalue weighted by Gasteiger charge is 2.48. The van der Waals surface area contributed by atoms with Crippen molar-refractivity contribution in [2.45, 2.75) is 31.5 Å². The maximum absolute atomic E-state index is 13.5. The average Bonchev–Trinajstić information content (AvgIpc) is 3.07. The Morgan fingerprint density at radius 2 is 1.96 bits per heavy atom. The molecular formula is C16H15F2N2O7P. The molecule has 1 aromatic carbocycles. The van der Waals surface area contributed by atoms with Crippen molar-refractivity contribution in [3.63, 3.8) is 0 Å². The van der Waals surface area contributed by atoms with Gasteiger partial charge >= 0.3 is 13.5 Å². The number of phosphoric ester groups is 1. The molecular weight excluding hydrogens is 401 g/mol. The summed E-state index contributed by atoms with van der Waals surface area (Å²) in [6.07, 6.45) is -1.48. The maximum Gasteiger partial charge on any atom is 0.475 e. The van der Waals surface area contributed by atoms with Gasteiger partial charge in [-0.3, -0.25) is 27.9 Å². The first-order chi connectivity index (χ1) is 13.3. The minimum absolute atomic E-state index is 0.0727. The molecule has 0 bridgehead atoms. The minimum atomic E-state index is -3.90. The summed E-state index contributed by atoms with van der Waals surface area (Å²) in [6, 6.07) is 5.42. The van der Waals surface area contributed by atoms with Gasteiger partial charge in [-0.05, 0) is 17.7 Å². The van der Waals surface area contributed by atoms with Crippen molar-refractivity contribution in [1.29, 1.82) is 0 Å². The molecule has 0 saturated carbocycles. The van der Waals surface area contributed by atoms with Gasteiger partial charge in [-0.1, -0.05) is 12.1 Å². The lowest BCUT2D eigenvalue weighted by Gasteiger charge is -2.29. The second-order valence-electron chi connectivity index (χ2n) is 6.30. The Morgan fingerprint density at radius 3 is 2.71 bits per heavy atom. The minimum Gasteiger partial charge on any atom is -0.349 e. The highest BCUT2D eigenvalue weighted by molar-refractivity contribution is 7.48. The van der Waals surface area contributed by atoms with E-state index in [1.54, 1.807) is 0 Å². The Kier molecular flexibility index (Phi) is 5.02. The number of nitrogens with zero attached hydrogens (tertiary/aromatic N) is 1. The molecule has 0 spiro atoms. The summed E-state index contributed by atoms with van der Waals surface area (Å²) >= 11 is 0. The Labute approximate surface area is 156 Å². The fraction of sp³-hybridized carbons (Fsp3) is 0.375. The molecule has 2 aliphatic heterocycles. The molecule has 2 saturated heterocycles. The SMILES string of the molecule is O=c1[nH]c(=O)n([C@H]2C[C@@H]3OP(=O)(OCc4ccc(F)cc4)OC[C@H]3O2)cc1F. The second kappa shape index (κ2) is 7.34. The summed E-state index contributed by atoms with van der Waals surface area (Å²) in [7, 11) is -3.90. The molecule has 2 aliphatic rings. The number of H-pyrrole nitrogens is 1.